The summed E-state index contributed by atoms with van der Waals surface area (Å²) in [6.45, 7) is 3.38. The molecule has 1 rings (SSSR count). The number of nitrogens with zero attached hydrogens (tertiary/aromatic N) is 1. The number of hydrogen-bond acceptors (Lipinski definition) is 3. The molecule has 4 heteroatoms. The monoisotopic (exact) mass is 265 g/mol. The van der Waals surface area contributed by atoms with E-state index in [9.17, 15) is 4.79 Å². The maximum absolute atomic E-state index is 11.4. The molecule has 1 amide bonds. The largest absolute Gasteiger partial charge is 0.377 e. The summed E-state index contributed by atoms with van der Waals surface area (Å²) in [4.78, 5) is 16.2. The lowest BCUT2D eigenvalue weighted by molar-refractivity contribution is -0.168. The maximum atomic E-state index is 11.4. The molecule has 1 aromatic carbocycles. The highest BCUT2D eigenvalue weighted by atomic mass is 16.7. The molecule has 19 heavy (non-hydrogen) atoms. The van der Waals surface area contributed by atoms with Crippen LogP contribution in [-0.4, -0.2) is 31.7 Å². The number of ether oxygens (including phenoxy) is 1. The highest BCUT2D eigenvalue weighted by Crippen LogP contribution is 2.06. The van der Waals surface area contributed by atoms with Crippen LogP contribution in [0.3, 0.4) is 0 Å². The first kappa shape index (κ1) is 15.7. The molecular formula is C15H23NO3. The standard InChI is InChI=1S/C15H23NO3/c1-13-7-9-14(10-8-13)12-19-11-5-4-6-15(17)16(2)18-3/h7-10H,4-6,11-12H2,1-3H3. The van der Waals surface area contributed by atoms with Gasteiger partial charge in [-0.15, -0.1) is 0 Å². The summed E-state index contributed by atoms with van der Waals surface area (Å²) >= 11 is 0. The van der Waals surface area contributed by atoms with Gasteiger partial charge < -0.3 is 4.74 Å². The maximum Gasteiger partial charge on any atom is 0.245 e. The number of hydroxylamine groups is 2. The van der Waals surface area contributed by atoms with E-state index in [1.165, 1.54) is 23.3 Å². The zero-order valence-corrected chi connectivity index (χ0v) is 12.0. The number of carbonyl (C=O) groups is 1. The SMILES string of the molecule is CON(C)C(=O)CCCCOCc1ccc(C)cc1. The van der Waals surface area contributed by atoms with Crippen molar-refractivity contribution in [3.63, 3.8) is 0 Å². The second-order valence-corrected chi connectivity index (χ2v) is 4.57. The van der Waals surface area contributed by atoms with Crippen molar-refractivity contribution in [2.75, 3.05) is 20.8 Å². The Morgan fingerprint density at radius 3 is 2.53 bits per heavy atom. The van der Waals surface area contributed by atoms with Gasteiger partial charge in [-0.3, -0.25) is 9.63 Å². The van der Waals surface area contributed by atoms with Gasteiger partial charge in [0.05, 0.1) is 13.7 Å². The summed E-state index contributed by atoms with van der Waals surface area (Å²) in [5.74, 6) is 0.000958. The number of hydrogen-bond donors (Lipinski definition) is 0. The molecule has 1 aromatic rings. The Morgan fingerprint density at radius 1 is 1.21 bits per heavy atom. The van der Waals surface area contributed by atoms with Gasteiger partial charge in [-0.2, -0.15) is 0 Å². The molecule has 0 aliphatic rings. The summed E-state index contributed by atoms with van der Waals surface area (Å²) in [6, 6.07) is 8.31. The molecule has 0 spiro atoms. The lowest BCUT2D eigenvalue weighted by Crippen LogP contribution is -2.24. The molecule has 0 saturated heterocycles. The normalized spacial score (nSPS) is 10.5. The molecule has 0 bridgehead atoms. The fourth-order valence-corrected chi connectivity index (χ4v) is 1.61. The van der Waals surface area contributed by atoms with Crippen LogP contribution in [0.2, 0.25) is 0 Å². The third-order valence-electron chi connectivity index (χ3n) is 2.94. The van der Waals surface area contributed by atoms with Gasteiger partial charge in [0.1, 0.15) is 0 Å². The van der Waals surface area contributed by atoms with E-state index in [2.05, 4.69) is 31.2 Å². The summed E-state index contributed by atoms with van der Waals surface area (Å²) in [5.41, 5.74) is 2.44. The number of unbranched alkanes of at least 4 members (excludes halogenated alkanes) is 1. The van der Waals surface area contributed by atoms with Crippen molar-refractivity contribution in [3.8, 4) is 0 Å². The van der Waals surface area contributed by atoms with Crippen molar-refractivity contribution in [1.82, 2.24) is 5.06 Å². The van der Waals surface area contributed by atoms with Crippen LogP contribution in [0, 0.1) is 6.92 Å². The van der Waals surface area contributed by atoms with Crippen molar-refractivity contribution in [2.45, 2.75) is 32.8 Å². The van der Waals surface area contributed by atoms with E-state index in [4.69, 9.17) is 9.57 Å². The highest BCUT2D eigenvalue weighted by Gasteiger charge is 2.06. The molecule has 0 unspecified atom stereocenters. The minimum absolute atomic E-state index is 0.000958. The fraction of sp³-hybridized carbons (Fsp3) is 0.533. The van der Waals surface area contributed by atoms with E-state index in [1.807, 2.05) is 0 Å². The number of amides is 1. The molecule has 106 valence electrons. The molecule has 4 nitrogen and oxygen atoms in total. The average Bonchev–Trinajstić information content (AvgIpc) is 2.43. The first-order valence-corrected chi connectivity index (χ1v) is 6.57. The Kier molecular flexibility index (Phi) is 7.15. The minimum Gasteiger partial charge on any atom is -0.377 e. The summed E-state index contributed by atoms with van der Waals surface area (Å²) in [7, 11) is 3.11. The molecule has 0 heterocycles. The van der Waals surface area contributed by atoms with Gasteiger partial charge in [0.15, 0.2) is 0 Å². The van der Waals surface area contributed by atoms with Crippen molar-refractivity contribution in [1.29, 1.82) is 0 Å². The van der Waals surface area contributed by atoms with E-state index in [0.29, 0.717) is 19.6 Å². The zero-order valence-electron chi connectivity index (χ0n) is 12.0. The molecule has 0 N–H and O–H groups in total. The van der Waals surface area contributed by atoms with Crippen molar-refractivity contribution in [2.24, 2.45) is 0 Å². The quantitative estimate of drug-likeness (QED) is 0.536. The smallest absolute Gasteiger partial charge is 0.245 e. The van der Waals surface area contributed by atoms with Crippen LogP contribution in [-0.2, 0) is 21.0 Å². The third-order valence-corrected chi connectivity index (χ3v) is 2.94. The van der Waals surface area contributed by atoms with E-state index in [-0.39, 0.29) is 5.91 Å². The number of carbonyl (C=O) groups excluding carboxylic acids is 1. The van der Waals surface area contributed by atoms with Gasteiger partial charge in [0, 0.05) is 20.1 Å². The summed E-state index contributed by atoms with van der Waals surface area (Å²) < 4.78 is 5.57. The third kappa shape index (κ3) is 6.36. The van der Waals surface area contributed by atoms with Crippen LogP contribution in [0.4, 0.5) is 0 Å². The Labute approximate surface area is 115 Å². The number of benzene rings is 1. The molecular weight excluding hydrogens is 242 g/mol. The molecule has 0 aliphatic carbocycles. The summed E-state index contributed by atoms with van der Waals surface area (Å²) in [6.07, 6.45) is 2.20. The zero-order chi connectivity index (χ0) is 14.1. The van der Waals surface area contributed by atoms with E-state index in [0.717, 1.165) is 12.8 Å². The van der Waals surface area contributed by atoms with Crippen LogP contribution in [0.15, 0.2) is 24.3 Å². The second kappa shape index (κ2) is 8.67. The lowest BCUT2D eigenvalue weighted by atomic mass is 10.2. The van der Waals surface area contributed by atoms with Crippen molar-refractivity contribution < 1.29 is 14.4 Å². The Balaban J connectivity index is 2.05. The molecule has 0 saturated carbocycles. The first-order valence-electron chi connectivity index (χ1n) is 6.57. The van der Waals surface area contributed by atoms with Crippen LogP contribution in [0.25, 0.3) is 0 Å². The molecule has 0 aliphatic heterocycles. The van der Waals surface area contributed by atoms with Crippen LogP contribution in [0.5, 0.6) is 0 Å². The molecule has 0 fully saturated rings. The Bertz CT molecular complexity index is 375. The molecule has 0 atom stereocenters. The van der Waals surface area contributed by atoms with Gasteiger partial charge in [-0.1, -0.05) is 29.8 Å². The Hall–Kier alpha value is -1.39. The number of rotatable bonds is 8. The van der Waals surface area contributed by atoms with Gasteiger partial charge in [-0.05, 0) is 25.3 Å². The second-order valence-electron chi connectivity index (χ2n) is 4.57. The molecule has 0 radical (unpaired) electrons. The van der Waals surface area contributed by atoms with Crippen LogP contribution in [0.1, 0.15) is 30.4 Å². The van der Waals surface area contributed by atoms with E-state index in [1.54, 1.807) is 7.05 Å². The summed E-state index contributed by atoms with van der Waals surface area (Å²) in [5, 5.41) is 1.26. The average molecular weight is 265 g/mol. The first-order chi connectivity index (χ1) is 9.13. The fourth-order valence-electron chi connectivity index (χ4n) is 1.61. The van der Waals surface area contributed by atoms with Crippen molar-refractivity contribution >= 4 is 5.91 Å². The van der Waals surface area contributed by atoms with Gasteiger partial charge >= 0.3 is 0 Å². The van der Waals surface area contributed by atoms with E-state index >= 15 is 0 Å². The number of aryl methyl sites for hydroxylation is 1. The topological polar surface area (TPSA) is 38.8 Å². The van der Waals surface area contributed by atoms with Crippen LogP contribution >= 0.6 is 0 Å². The minimum atomic E-state index is 0.000958. The van der Waals surface area contributed by atoms with Gasteiger partial charge in [0.2, 0.25) is 5.91 Å². The van der Waals surface area contributed by atoms with Gasteiger partial charge in [0.25, 0.3) is 0 Å². The van der Waals surface area contributed by atoms with Crippen molar-refractivity contribution in [3.05, 3.63) is 35.4 Å². The predicted molar refractivity (Wildman–Crippen MR) is 74.5 cm³/mol. The van der Waals surface area contributed by atoms with Crippen LogP contribution < -0.4 is 0 Å². The highest BCUT2D eigenvalue weighted by molar-refractivity contribution is 5.74. The van der Waals surface area contributed by atoms with E-state index < -0.39 is 0 Å². The lowest BCUT2D eigenvalue weighted by Gasteiger charge is -2.13. The van der Waals surface area contributed by atoms with Gasteiger partial charge in [-0.25, -0.2) is 5.06 Å². The predicted octanol–water partition coefficient (Wildman–Crippen LogP) is 2.70. The molecule has 0 aromatic heterocycles. The Morgan fingerprint density at radius 2 is 1.89 bits per heavy atom.